The average Bonchev–Trinajstić information content (AvgIpc) is 2.48. The number of rotatable bonds is 3. The smallest absolute Gasteiger partial charge is 0.258 e. The molecule has 0 aliphatic carbocycles. The Balaban J connectivity index is 1.88. The van der Waals surface area contributed by atoms with E-state index in [0.29, 0.717) is 27.1 Å². The standard InChI is InChI=1S/C15H10Cl2N2O2/c16-10-4-5-12(17)13(7-10)21-9-11-8-15(20)19-6-2-1-3-14(19)18-11/h1-8H,9H2. The quantitative estimate of drug-likeness (QED) is 0.740. The maximum absolute atomic E-state index is 12.0. The predicted octanol–water partition coefficient (Wildman–Crippen LogP) is 3.58. The molecule has 0 saturated carbocycles. The summed E-state index contributed by atoms with van der Waals surface area (Å²) >= 11 is 11.9. The maximum Gasteiger partial charge on any atom is 0.258 e. The Morgan fingerprint density at radius 2 is 2.00 bits per heavy atom. The second-order valence-electron chi connectivity index (χ2n) is 4.38. The van der Waals surface area contributed by atoms with Gasteiger partial charge in [-0.3, -0.25) is 9.20 Å². The van der Waals surface area contributed by atoms with Crippen molar-refractivity contribution in [2.75, 3.05) is 0 Å². The van der Waals surface area contributed by atoms with Gasteiger partial charge in [-0.05, 0) is 24.3 Å². The van der Waals surface area contributed by atoms with Gasteiger partial charge in [0.05, 0.1) is 10.7 Å². The highest BCUT2D eigenvalue weighted by Gasteiger charge is 2.06. The number of halogens is 2. The summed E-state index contributed by atoms with van der Waals surface area (Å²) in [6.45, 7) is 0.140. The van der Waals surface area contributed by atoms with Crippen LogP contribution in [-0.4, -0.2) is 9.38 Å². The second kappa shape index (κ2) is 5.76. The van der Waals surface area contributed by atoms with Crippen molar-refractivity contribution in [3.05, 3.63) is 74.8 Å². The van der Waals surface area contributed by atoms with Gasteiger partial charge in [0.2, 0.25) is 0 Å². The van der Waals surface area contributed by atoms with Crippen LogP contribution in [0.4, 0.5) is 0 Å². The van der Waals surface area contributed by atoms with E-state index in [1.807, 2.05) is 6.07 Å². The summed E-state index contributed by atoms with van der Waals surface area (Å²) in [6, 6.07) is 11.7. The van der Waals surface area contributed by atoms with E-state index < -0.39 is 0 Å². The number of pyridine rings is 1. The molecule has 21 heavy (non-hydrogen) atoms. The highest BCUT2D eigenvalue weighted by molar-refractivity contribution is 6.34. The molecule has 0 N–H and O–H groups in total. The minimum absolute atomic E-state index is 0.140. The highest BCUT2D eigenvalue weighted by Crippen LogP contribution is 2.28. The number of ether oxygens (including phenoxy) is 1. The molecule has 3 rings (SSSR count). The number of aromatic nitrogens is 2. The average molecular weight is 321 g/mol. The minimum Gasteiger partial charge on any atom is -0.486 e. The molecule has 0 unspecified atom stereocenters. The van der Waals surface area contributed by atoms with Gasteiger partial charge < -0.3 is 4.74 Å². The SMILES string of the molecule is O=c1cc(COc2cc(Cl)ccc2Cl)nc2ccccn12. The number of fused-ring (bicyclic) bond motifs is 1. The molecule has 0 amide bonds. The fourth-order valence-electron chi connectivity index (χ4n) is 1.92. The van der Waals surface area contributed by atoms with Crippen LogP contribution in [-0.2, 0) is 6.61 Å². The van der Waals surface area contributed by atoms with Crippen LogP contribution in [0.1, 0.15) is 5.69 Å². The Kier molecular flexibility index (Phi) is 3.82. The van der Waals surface area contributed by atoms with E-state index in [1.54, 1.807) is 36.5 Å². The Morgan fingerprint density at radius 1 is 1.14 bits per heavy atom. The third kappa shape index (κ3) is 3.01. The lowest BCUT2D eigenvalue weighted by Gasteiger charge is -2.08. The van der Waals surface area contributed by atoms with E-state index in [0.717, 1.165) is 0 Å². The molecule has 6 heteroatoms. The summed E-state index contributed by atoms with van der Waals surface area (Å²) in [5.41, 5.74) is 0.944. The van der Waals surface area contributed by atoms with E-state index in [9.17, 15) is 4.79 Å². The van der Waals surface area contributed by atoms with Gasteiger partial charge in [-0.25, -0.2) is 4.98 Å². The number of hydrogen-bond donors (Lipinski definition) is 0. The fraction of sp³-hybridized carbons (Fsp3) is 0.0667. The summed E-state index contributed by atoms with van der Waals surface area (Å²) in [7, 11) is 0. The molecule has 0 bridgehead atoms. The first-order chi connectivity index (χ1) is 10.1. The lowest BCUT2D eigenvalue weighted by Crippen LogP contribution is -2.16. The summed E-state index contributed by atoms with van der Waals surface area (Å²) in [4.78, 5) is 16.3. The Bertz CT molecular complexity index is 862. The zero-order valence-corrected chi connectivity index (χ0v) is 12.3. The van der Waals surface area contributed by atoms with Crippen molar-refractivity contribution in [2.24, 2.45) is 0 Å². The van der Waals surface area contributed by atoms with Gasteiger partial charge in [-0.15, -0.1) is 0 Å². The molecule has 0 aliphatic heterocycles. The monoisotopic (exact) mass is 320 g/mol. The molecule has 0 fully saturated rings. The van der Waals surface area contributed by atoms with Crippen LogP contribution < -0.4 is 10.3 Å². The van der Waals surface area contributed by atoms with Gasteiger partial charge in [0, 0.05) is 23.4 Å². The maximum atomic E-state index is 12.0. The number of nitrogens with zero attached hydrogens (tertiary/aromatic N) is 2. The molecular weight excluding hydrogens is 311 g/mol. The molecule has 106 valence electrons. The van der Waals surface area contributed by atoms with Crippen molar-refractivity contribution in [3.63, 3.8) is 0 Å². The van der Waals surface area contributed by atoms with Crippen LogP contribution in [0.2, 0.25) is 10.0 Å². The summed E-state index contributed by atoms with van der Waals surface area (Å²) in [5.74, 6) is 0.458. The lowest BCUT2D eigenvalue weighted by atomic mass is 10.3. The predicted molar refractivity (Wildman–Crippen MR) is 82.3 cm³/mol. The van der Waals surface area contributed by atoms with Crippen LogP contribution >= 0.6 is 23.2 Å². The zero-order chi connectivity index (χ0) is 14.8. The summed E-state index contributed by atoms with van der Waals surface area (Å²) in [6.07, 6.45) is 1.67. The van der Waals surface area contributed by atoms with Crippen molar-refractivity contribution in [1.29, 1.82) is 0 Å². The molecule has 0 aliphatic rings. The van der Waals surface area contributed by atoms with Crippen LogP contribution in [0.5, 0.6) is 5.75 Å². The molecule has 0 atom stereocenters. The third-order valence-corrected chi connectivity index (χ3v) is 3.44. The Hall–Kier alpha value is -2.04. The van der Waals surface area contributed by atoms with Gasteiger partial charge in [-0.1, -0.05) is 29.3 Å². The third-order valence-electron chi connectivity index (χ3n) is 2.89. The molecule has 0 radical (unpaired) electrons. The zero-order valence-electron chi connectivity index (χ0n) is 10.8. The van der Waals surface area contributed by atoms with Gasteiger partial charge in [-0.2, -0.15) is 0 Å². The normalized spacial score (nSPS) is 10.8. The van der Waals surface area contributed by atoms with E-state index in [2.05, 4.69) is 4.98 Å². The number of benzene rings is 1. The summed E-state index contributed by atoms with van der Waals surface area (Å²) < 4.78 is 7.05. The van der Waals surface area contributed by atoms with Crippen molar-refractivity contribution in [2.45, 2.75) is 6.61 Å². The van der Waals surface area contributed by atoms with Gasteiger partial charge in [0.1, 0.15) is 18.0 Å². The topological polar surface area (TPSA) is 43.6 Å². The van der Waals surface area contributed by atoms with Crippen LogP contribution in [0, 0.1) is 0 Å². The van der Waals surface area contributed by atoms with Crippen molar-refractivity contribution >= 4 is 28.8 Å². The van der Waals surface area contributed by atoms with Crippen molar-refractivity contribution in [1.82, 2.24) is 9.38 Å². The second-order valence-corrected chi connectivity index (χ2v) is 5.22. The number of hydrogen-bond acceptors (Lipinski definition) is 3. The first-order valence-corrected chi connectivity index (χ1v) is 6.94. The minimum atomic E-state index is -0.156. The molecule has 3 aromatic rings. The highest BCUT2D eigenvalue weighted by atomic mass is 35.5. The van der Waals surface area contributed by atoms with Crippen LogP contribution in [0.3, 0.4) is 0 Å². The Labute approximate surface area is 130 Å². The molecule has 2 heterocycles. The van der Waals surface area contributed by atoms with E-state index >= 15 is 0 Å². The largest absolute Gasteiger partial charge is 0.486 e. The van der Waals surface area contributed by atoms with Crippen molar-refractivity contribution in [3.8, 4) is 5.75 Å². The van der Waals surface area contributed by atoms with Gasteiger partial charge in [0.15, 0.2) is 0 Å². The molecular formula is C15H10Cl2N2O2. The van der Waals surface area contributed by atoms with E-state index in [4.69, 9.17) is 27.9 Å². The Morgan fingerprint density at radius 3 is 2.86 bits per heavy atom. The molecule has 0 saturated heterocycles. The molecule has 2 aromatic heterocycles. The van der Waals surface area contributed by atoms with Crippen LogP contribution in [0.25, 0.3) is 5.65 Å². The van der Waals surface area contributed by atoms with Gasteiger partial charge in [0.25, 0.3) is 5.56 Å². The molecule has 4 nitrogen and oxygen atoms in total. The van der Waals surface area contributed by atoms with Gasteiger partial charge >= 0.3 is 0 Å². The van der Waals surface area contributed by atoms with E-state index in [1.165, 1.54) is 10.5 Å². The first-order valence-electron chi connectivity index (χ1n) is 6.19. The molecule has 0 spiro atoms. The van der Waals surface area contributed by atoms with Crippen molar-refractivity contribution < 1.29 is 4.74 Å². The lowest BCUT2D eigenvalue weighted by molar-refractivity contribution is 0.301. The van der Waals surface area contributed by atoms with Crippen LogP contribution in [0.15, 0.2) is 53.5 Å². The first kappa shape index (κ1) is 13.9. The fourth-order valence-corrected chi connectivity index (χ4v) is 2.25. The molecule has 1 aromatic carbocycles. The van der Waals surface area contributed by atoms with E-state index in [-0.39, 0.29) is 12.2 Å². The summed E-state index contributed by atoms with van der Waals surface area (Å²) in [5, 5.41) is 0.984.